The molecule has 1 aromatic carbocycles. The molecule has 11 heteroatoms. The number of ether oxygens (including phenoxy) is 3. The molecule has 10 nitrogen and oxygen atoms in total. The molecule has 3 rings (SSSR count). The molecule has 1 saturated carbocycles. The molecule has 44 heavy (non-hydrogen) atoms. The van der Waals surface area contributed by atoms with Crippen molar-refractivity contribution in [1.82, 2.24) is 14.9 Å². The number of nitrogens with zero attached hydrogens (tertiary/aromatic N) is 3. The van der Waals surface area contributed by atoms with Gasteiger partial charge in [0, 0.05) is 70.8 Å². The first-order chi connectivity index (χ1) is 21.4. The Morgan fingerprint density at radius 1 is 0.932 bits per heavy atom. The Kier molecular flexibility index (Phi) is 17.1. The fraction of sp³-hybridized carbons (Fsp3) is 0.636. The summed E-state index contributed by atoms with van der Waals surface area (Å²) < 4.78 is 18.0. The van der Waals surface area contributed by atoms with Gasteiger partial charge in [0.15, 0.2) is 0 Å². The van der Waals surface area contributed by atoms with Crippen LogP contribution in [0.4, 0.5) is 17.5 Å². The van der Waals surface area contributed by atoms with Crippen LogP contribution in [0.2, 0.25) is 0 Å². The Morgan fingerprint density at radius 3 is 2.18 bits per heavy atom. The molecule has 0 aliphatic heterocycles. The zero-order valence-electron chi connectivity index (χ0n) is 26.5. The van der Waals surface area contributed by atoms with E-state index in [-0.39, 0.29) is 17.6 Å². The Hall–Kier alpha value is -2.76. The van der Waals surface area contributed by atoms with Crippen molar-refractivity contribution < 1.29 is 23.8 Å². The quantitative estimate of drug-likeness (QED) is 0.116. The smallest absolute Gasteiger partial charge is 0.229 e. The summed E-state index contributed by atoms with van der Waals surface area (Å²) in [6.07, 6.45) is 12.5. The van der Waals surface area contributed by atoms with Crippen molar-refractivity contribution >= 4 is 45.1 Å². The molecular formula is C33H50BrN5O5. The van der Waals surface area contributed by atoms with Crippen molar-refractivity contribution in [3.8, 4) is 5.75 Å². The van der Waals surface area contributed by atoms with Gasteiger partial charge in [-0.15, -0.1) is 0 Å². The first-order valence-electron chi connectivity index (χ1n) is 16.1. The zero-order valence-corrected chi connectivity index (χ0v) is 28.0. The maximum atomic E-state index is 12.3. The molecule has 1 heterocycles. The van der Waals surface area contributed by atoms with Crippen LogP contribution in [0.1, 0.15) is 77.6 Å². The average Bonchev–Trinajstić information content (AvgIpc) is 2.98. The molecule has 1 aliphatic rings. The lowest BCUT2D eigenvalue weighted by atomic mass is 9.84. The number of Topliss-reactive ketones (excluding diaryl/α,β-unsaturated/α-hetero) is 1. The van der Waals surface area contributed by atoms with E-state index in [4.69, 9.17) is 14.2 Å². The molecule has 0 bridgehead atoms. The second kappa shape index (κ2) is 21.1. The van der Waals surface area contributed by atoms with Gasteiger partial charge in [-0.3, -0.25) is 4.79 Å². The number of amides is 1. The Bertz CT molecular complexity index is 1120. The standard InChI is InChI=1S/C33H50BrN5O5/c1-26(40)11-4-3-5-20-42-21-6-7-22-43-23-8-9-24-44-29-16-14-28(15-17-29)37-33-36-25-30(34)31(38-33)35-18-19-39(2)32(41)27-12-10-13-27/h14-17,25,27H,3-13,18-24H2,1-2H3,(H2,35,36,37,38). The van der Waals surface area contributed by atoms with E-state index in [1.54, 1.807) is 18.0 Å². The van der Waals surface area contributed by atoms with Gasteiger partial charge < -0.3 is 34.5 Å². The summed E-state index contributed by atoms with van der Waals surface area (Å²) in [5.41, 5.74) is 0.861. The highest BCUT2D eigenvalue weighted by molar-refractivity contribution is 9.10. The molecule has 0 atom stereocenters. The second-order valence-corrected chi connectivity index (χ2v) is 12.2. The van der Waals surface area contributed by atoms with Crippen molar-refractivity contribution in [3.63, 3.8) is 0 Å². The van der Waals surface area contributed by atoms with E-state index in [0.29, 0.717) is 37.9 Å². The molecule has 0 saturated heterocycles. The third-order valence-corrected chi connectivity index (χ3v) is 8.10. The molecule has 1 aliphatic carbocycles. The van der Waals surface area contributed by atoms with Crippen LogP contribution in [0.5, 0.6) is 5.75 Å². The number of carbonyl (C=O) groups excluding carboxylic acids is 2. The lowest BCUT2D eigenvalue weighted by Gasteiger charge is -2.29. The van der Waals surface area contributed by atoms with Crippen molar-refractivity contribution in [2.24, 2.45) is 5.92 Å². The number of carbonyl (C=O) groups is 2. The summed E-state index contributed by atoms with van der Waals surface area (Å²) >= 11 is 3.50. The second-order valence-electron chi connectivity index (χ2n) is 11.4. The predicted molar refractivity (Wildman–Crippen MR) is 178 cm³/mol. The fourth-order valence-electron chi connectivity index (χ4n) is 4.60. The molecule has 244 valence electrons. The van der Waals surface area contributed by atoms with Gasteiger partial charge >= 0.3 is 0 Å². The molecule has 0 unspecified atom stereocenters. The Morgan fingerprint density at radius 2 is 1.57 bits per heavy atom. The summed E-state index contributed by atoms with van der Waals surface area (Å²) in [5, 5.41) is 6.53. The number of halogens is 1. The number of rotatable bonds is 24. The molecule has 1 aromatic heterocycles. The molecular weight excluding hydrogens is 626 g/mol. The predicted octanol–water partition coefficient (Wildman–Crippen LogP) is 6.77. The van der Waals surface area contributed by atoms with Crippen LogP contribution in [0.15, 0.2) is 34.9 Å². The third kappa shape index (κ3) is 14.3. The van der Waals surface area contributed by atoms with Crippen LogP contribution >= 0.6 is 15.9 Å². The van der Waals surface area contributed by atoms with Gasteiger partial charge in [0.25, 0.3) is 0 Å². The van der Waals surface area contributed by atoms with Crippen LogP contribution in [0.25, 0.3) is 0 Å². The minimum atomic E-state index is 0.206. The Labute approximate surface area is 271 Å². The SMILES string of the molecule is CC(=O)CCCCCOCCCCOCCCCOc1ccc(Nc2ncc(Br)c(NCCN(C)C(=O)C3CCC3)n2)cc1. The number of anilines is 3. The van der Waals surface area contributed by atoms with E-state index >= 15 is 0 Å². The topological polar surface area (TPSA) is 115 Å². The molecule has 1 fully saturated rings. The highest BCUT2D eigenvalue weighted by Crippen LogP contribution is 2.28. The highest BCUT2D eigenvalue weighted by atomic mass is 79.9. The largest absolute Gasteiger partial charge is 0.494 e. The van der Waals surface area contributed by atoms with E-state index in [1.807, 2.05) is 31.3 Å². The minimum absolute atomic E-state index is 0.206. The number of hydrogen-bond acceptors (Lipinski definition) is 9. The van der Waals surface area contributed by atoms with Crippen LogP contribution in [0, 0.1) is 5.92 Å². The van der Waals surface area contributed by atoms with Gasteiger partial charge in [0.05, 0.1) is 11.1 Å². The number of ketones is 1. The molecule has 0 radical (unpaired) electrons. The van der Waals surface area contributed by atoms with E-state index < -0.39 is 0 Å². The lowest BCUT2D eigenvalue weighted by Crippen LogP contribution is -2.38. The van der Waals surface area contributed by atoms with Crippen LogP contribution in [-0.2, 0) is 19.1 Å². The number of benzene rings is 1. The van der Waals surface area contributed by atoms with Gasteiger partial charge in [0.1, 0.15) is 17.4 Å². The van der Waals surface area contributed by atoms with Gasteiger partial charge in [-0.05, 0) is 98.5 Å². The van der Waals surface area contributed by atoms with Gasteiger partial charge in [-0.1, -0.05) is 12.8 Å². The zero-order chi connectivity index (χ0) is 31.4. The summed E-state index contributed by atoms with van der Waals surface area (Å²) in [7, 11) is 1.86. The number of aromatic nitrogens is 2. The van der Waals surface area contributed by atoms with Gasteiger partial charge in [-0.2, -0.15) is 4.98 Å². The third-order valence-electron chi connectivity index (χ3n) is 7.52. The first kappa shape index (κ1) is 35.7. The minimum Gasteiger partial charge on any atom is -0.494 e. The van der Waals surface area contributed by atoms with Gasteiger partial charge in [-0.25, -0.2) is 4.98 Å². The Balaban J connectivity index is 1.20. The van der Waals surface area contributed by atoms with Crippen molar-refractivity contribution in [2.45, 2.75) is 77.6 Å². The van der Waals surface area contributed by atoms with Crippen molar-refractivity contribution in [3.05, 3.63) is 34.9 Å². The maximum absolute atomic E-state index is 12.3. The molecule has 0 spiro atoms. The van der Waals surface area contributed by atoms with Crippen LogP contribution in [0.3, 0.4) is 0 Å². The highest BCUT2D eigenvalue weighted by Gasteiger charge is 2.27. The molecule has 2 aromatic rings. The lowest BCUT2D eigenvalue weighted by molar-refractivity contribution is -0.136. The van der Waals surface area contributed by atoms with E-state index in [0.717, 1.165) is 107 Å². The summed E-state index contributed by atoms with van der Waals surface area (Å²) in [4.78, 5) is 34.0. The maximum Gasteiger partial charge on any atom is 0.229 e. The number of likely N-dealkylation sites (N-methyl/N-ethyl adjacent to an activating group) is 1. The first-order valence-corrected chi connectivity index (χ1v) is 16.9. The summed E-state index contributed by atoms with van der Waals surface area (Å²) in [6, 6.07) is 7.74. The monoisotopic (exact) mass is 675 g/mol. The number of unbranched alkanes of at least 4 members (excludes halogenated alkanes) is 4. The van der Waals surface area contributed by atoms with E-state index in [9.17, 15) is 9.59 Å². The van der Waals surface area contributed by atoms with Gasteiger partial charge in [0.2, 0.25) is 11.9 Å². The average molecular weight is 677 g/mol. The summed E-state index contributed by atoms with van der Waals surface area (Å²) in [6.45, 7) is 6.55. The van der Waals surface area contributed by atoms with Crippen LogP contribution < -0.4 is 15.4 Å². The van der Waals surface area contributed by atoms with Crippen LogP contribution in [-0.4, -0.2) is 79.7 Å². The normalized spacial score (nSPS) is 12.9. The van der Waals surface area contributed by atoms with Crippen molar-refractivity contribution in [1.29, 1.82) is 0 Å². The fourth-order valence-corrected chi connectivity index (χ4v) is 4.93. The van der Waals surface area contributed by atoms with E-state index in [1.165, 1.54) is 0 Å². The summed E-state index contributed by atoms with van der Waals surface area (Å²) in [5.74, 6) is 2.68. The number of nitrogens with one attached hydrogen (secondary N) is 2. The number of hydrogen-bond donors (Lipinski definition) is 2. The van der Waals surface area contributed by atoms with Crippen molar-refractivity contribution in [2.75, 3.05) is 63.8 Å². The van der Waals surface area contributed by atoms with E-state index in [2.05, 4.69) is 36.5 Å². The molecule has 2 N–H and O–H groups in total. The molecule has 1 amide bonds.